The van der Waals surface area contributed by atoms with E-state index < -0.39 is 5.79 Å². The van der Waals surface area contributed by atoms with Crippen molar-refractivity contribution in [2.24, 2.45) is 53.3 Å². The van der Waals surface area contributed by atoms with E-state index in [-0.39, 0.29) is 29.4 Å². The van der Waals surface area contributed by atoms with Crippen molar-refractivity contribution < 1.29 is 13.1 Å². The summed E-state index contributed by atoms with van der Waals surface area (Å²) in [6.45, 7) is 9.39. The summed E-state index contributed by atoms with van der Waals surface area (Å²) in [5.41, 5.74) is 8.69. The van der Waals surface area contributed by atoms with Gasteiger partial charge in [-0.3, -0.25) is 0 Å². The van der Waals surface area contributed by atoms with Gasteiger partial charge in [0.15, 0.2) is 0 Å². The third-order valence-electron chi connectivity index (χ3n) is 17.6. The number of nitrogens with zero attached hydrogens (tertiary/aromatic N) is 6. The summed E-state index contributed by atoms with van der Waals surface area (Å²) in [4.78, 5) is 0. The molecule has 3 aromatic rings. The van der Waals surface area contributed by atoms with Crippen LogP contribution in [0, 0.1) is 74.0 Å². The SMILES string of the molecule is Cc1cc(C23CC4CC(CC(C4)C2)C3)nn1C(C)(n1nc(C23CC4CC(CC(C4)C2)C3)cc1C)n1nc(C23CC4CC(CC(C4)C2)C3)cc1C.[Cl][Mn][Cl]. The molecule has 0 atom stereocenters. The molecule has 12 bridgehead atoms. The van der Waals surface area contributed by atoms with Gasteiger partial charge in [0, 0.05) is 40.3 Å². The van der Waals surface area contributed by atoms with Gasteiger partial charge in [-0.15, -0.1) is 0 Å². The first-order valence-electron chi connectivity index (χ1n) is 21.6. The summed E-state index contributed by atoms with van der Waals surface area (Å²) in [5, 5.41) is 17.4. The van der Waals surface area contributed by atoms with Crippen molar-refractivity contribution in [3.63, 3.8) is 0 Å². The topological polar surface area (TPSA) is 53.5 Å². The zero-order valence-electron chi connectivity index (χ0n) is 32.5. The average Bonchev–Trinajstić information content (AvgIpc) is 3.81. The Bertz CT molecular complexity index is 1600. The van der Waals surface area contributed by atoms with Crippen molar-refractivity contribution in [2.45, 2.75) is 165 Å². The summed E-state index contributed by atoms with van der Waals surface area (Å²) >= 11 is 0.00694. The maximum absolute atomic E-state index is 5.81. The Labute approximate surface area is 331 Å². The van der Waals surface area contributed by atoms with Gasteiger partial charge in [0.1, 0.15) is 0 Å². The number of rotatable bonds is 6. The standard InChI is InChI=1S/C44H60N6.2ClH.Mn/c1-26-5-38(42-17-29-8-30(18-42)10-31(9-29)19-42)45-48(26)41(4,49-27(2)6-39(46-49)43-20-32-11-33(21-43)13-34(12-32)22-43)50-28(3)7-40(47-50)44-23-35-14-36(24-44)16-37(15-35)25-44;;;/h5-7,29-37H,8-25H2,1-4H3;2*1H;/q;;;+2/p-2. The maximum atomic E-state index is 5.81. The molecule has 0 unspecified atom stereocenters. The molecule has 3 aromatic heterocycles. The molecule has 0 amide bonds. The van der Waals surface area contributed by atoms with Gasteiger partial charge in [-0.25, -0.2) is 14.0 Å². The summed E-state index contributed by atoms with van der Waals surface area (Å²) in [6, 6.07) is 7.51. The number of hydrogen-bond acceptors (Lipinski definition) is 3. The van der Waals surface area contributed by atoms with Crippen LogP contribution in [0.25, 0.3) is 0 Å². The second-order valence-corrected chi connectivity index (χ2v) is 23.3. The van der Waals surface area contributed by atoms with Gasteiger partial charge in [0.2, 0.25) is 5.79 Å². The molecule has 12 saturated carbocycles. The van der Waals surface area contributed by atoms with E-state index in [1.54, 1.807) is 0 Å². The molecule has 12 aliphatic rings. The minimum absolute atomic E-state index is 0.00694. The van der Waals surface area contributed by atoms with E-state index >= 15 is 0 Å². The molecule has 0 radical (unpaired) electrons. The van der Waals surface area contributed by atoms with Crippen LogP contribution in [0.3, 0.4) is 0 Å². The molecule has 0 aromatic carbocycles. The molecule has 3 heterocycles. The molecule has 0 aliphatic heterocycles. The summed E-state index contributed by atoms with van der Waals surface area (Å²) in [5.74, 6) is 7.48. The van der Waals surface area contributed by atoms with Gasteiger partial charge in [-0.05, 0) is 208 Å². The van der Waals surface area contributed by atoms with Gasteiger partial charge in [-0.2, -0.15) is 15.3 Å². The van der Waals surface area contributed by atoms with Crippen molar-refractivity contribution in [1.29, 1.82) is 0 Å². The van der Waals surface area contributed by atoms with E-state index in [1.807, 2.05) is 0 Å². The van der Waals surface area contributed by atoms with E-state index in [9.17, 15) is 0 Å². The molecular weight excluding hydrogens is 738 g/mol. The van der Waals surface area contributed by atoms with Crippen LogP contribution in [0.1, 0.15) is 157 Å². The quantitative estimate of drug-likeness (QED) is 0.233. The number of aromatic nitrogens is 6. The van der Waals surface area contributed by atoms with Crippen LogP contribution in [-0.2, 0) is 35.2 Å². The van der Waals surface area contributed by atoms with E-state index in [2.05, 4.69) is 59.9 Å². The second kappa shape index (κ2) is 12.1. The van der Waals surface area contributed by atoms with Crippen molar-refractivity contribution >= 4 is 20.2 Å². The fourth-order valence-corrected chi connectivity index (χ4v) is 17.0. The van der Waals surface area contributed by atoms with Crippen LogP contribution in [0.5, 0.6) is 0 Å². The van der Waals surface area contributed by atoms with Crippen LogP contribution in [-0.4, -0.2) is 29.3 Å². The third-order valence-corrected chi connectivity index (χ3v) is 17.6. The molecule has 12 fully saturated rings. The molecule has 6 nitrogen and oxygen atoms in total. The number of halogens is 2. The van der Waals surface area contributed by atoms with Gasteiger partial charge in [0.05, 0.1) is 17.1 Å². The summed E-state index contributed by atoms with van der Waals surface area (Å²) in [7, 11) is 9.59. The van der Waals surface area contributed by atoms with E-state index in [0.717, 1.165) is 53.3 Å². The van der Waals surface area contributed by atoms with Crippen LogP contribution >= 0.6 is 20.2 Å². The molecule has 15 rings (SSSR count). The Balaban J connectivity index is 0.00000107. The Morgan fingerprint density at radius 2 is 0.660 bits per heavy atom. The average molecular weight is 799 g/mol. The van der Waals surface area contributed by atoms with Gasteiger partial charge in [-0.1, -0.05) is 0 Å². The van der Waals surface area contributed by atoms with Crippen molar-refractivity contribution in [1.82, 2.24) is 29.3 Å². The minimum atomic E-state index is -0.695. The molecule has 0 saturated heterocycles. The van der Waals surface area contributed by atoms with Gasteiger partial charge >= 0.3 is 33.3 Å². The monoisotopic (exact) mass is 797 g/mol. The Morgan fingerprint density at radius 3 is 0.849 bits per heavy atom. The molecule has 0 spiro atoms. The molecular formula is C44H60Cl2MnN6. The Kier molecular flexibility index (Phi) is 7.99. The normalized spacial score (nSPS) is 43.7. The van der Waals surface area contributed by atoms with Crippen LogP contribution in [0.4, 0.5) is 0 Å². The number of aryl methyl sites for hydroxylation is 3. The van der Waals surface area contributed by atoms with Gasteiger partial charge < -0.3 is 0 Å². The second-order valence-electron chi connectivity index (χ2n) is 21.4. The molecule has 0 N–H and O–H groups in total. The van der Waals surface area contributed by atoms with Crippen molar-refractivity contribution in [3.05, 3.63) is 52.4 Å². The molecule has 287 valence electrons. The zero-order chi connectivity index (χ0) is 36.1. The third kappa shape index (κ3) is 5.23. The van der Waals surface area contributed by atoms with Crippen LogP contribution in [0.15, 0.2) is 18.2 Å². The zero-order valence-corrected chi connectivity index (χ0v) is 35.2. The van der Waals surface area contributed by atoms with Crippen LogP contribution < -0.4 is 0 Å². The van der Waals surface area contributed by atoms with E-state index in [0.29, 0.717) is 0 Å². The fraction of sp³-hybridized carbons (Fsp3) is 0.795. The summed E-state index contributed by atoms with van der Waals surface area (Å²) in [6.07, 6.45) is 25.3. The first-order chi connectivity index (χ1) is 25.5. The summed E-state index contributed by atoms with van der Waals surface area (Å²) < 4.78 is 7.19. The first kappa shape index (κ1) is 34.9. The van der Waals surface area contributed by atoms with Crippen molar-refractivity contribution in [3.8, 4) is 0 Å². The molecule has 9 heteroatoms. The fourth-order valence-electron chi connectivity index (χ4n) is 17.0. The van der Waals surface area contributed by atoms with E-state index in [1.165, 1.54) is 150 Å². The Morgan fingerprint density at radius 1 is 0.472 bits per heavy atom. The van der Waals surface area contributed by atoms with Crippen molar-refractivity contribution in [2.75, 3.05) is 0 Å². The predicted octanol–water partition coefficient (Wildman–Crippen LogP) is 10.7. The first-order valence-corrected chi connectivity index (χ1v) is 24.8. The molecule has 53 heavy (non-hydrogen) atoms. The van der Waals surface area contributed by atoms with Gasteiger partial charge in [0.25, 0.3) is 0 Å². The van der Waals surface area contributed by atoms with E-state index in [4.69, 9.17) is 35.5 Å². The Hall–Kier alpha value is -1.27. The molecule has 12 aliphatic carbocycles. The predicted molar refractivity (Wildman–Crippen MR) is 207 cm³/mol. The number of hydrogen-bond donors (Lipinski definition) is 0. The van der Waals surface area contributed by atoms with Crippen LogP contribution in [0.2, 0.25) is 0 Å².